The second-order valence-electron chi connectivity index (χ2n) is 4.65. The molecule has 1 aromatic rings. The third kappa shape index (κ3) is 5.84. The van der Waals surface area contributed by atoms with Crippen molar-refractivity contribution in [3.05, 3.63) is 29.3 Å². The Morgan fingerprint density at radius 1 is 1.35 bits per heavy atom. The molecule has 0 bridgehead atoms. The molecule has 0 fully saturated rings. The summed E-state index contributed by atoms with van der Waals surface area (Å²) in [6.45, 7) is 4.75. The minimum atomic E-state index is -0.521. The monoisotopic (exact) mass is 297 g/mol. The Balaban J connectivity index is 2.16. The number of aryl methyl sites for hydroxylation is 2. The van der Waals surface area contributed by atoms with Gasteiger partial charge in [-0.05, 0) is 43.2 Å². The van der Waals surface area contributed by atoms with Crippen LogP contribution in [0.3, 0.4) is 0 Å². The number of carbonyl (C=O) groups is 1. The molecule has 0 spiro atoms. The van der Waals surface area contributed by atoms with Crippen LogP contribution in [-0.4, -0.2) is 37.2 Å². The average Bonchev–Trinajstić information content (AvgIpc) is 2.44. The van der Waals surface area contributed by atoms with Crippen molar-refractivity contribution in [1.82, 2.24) is 0 Å². The fraction of sp³-hybridized carbons (Fsp3) is 0.533. The number of carbonyl (C=O) groups excluding carboxylic acids is 1. The maximum atomic E-state index is 11.1. The van der Waals surface area contributed by atoms with Crippen LogP contribution >= 0.6 is 11.8 Å². The number of ether oxygens (including phenoxy) is 2. The second kappa shape index (κ2) is 8.87. The maximum Gasteiger partial charge on any atom is 0.322 e. The highest BCUT2D eigenvalue weighted by molar-refractivity contribution is 7.99. The topological polar surface area (TPSA) is 61.5 Å². The number of nitrogens with two attached hydrogens (primary N) is 1. The maximum absolute atomic E-state index is 11.1. The molecule has 0 heterocycles. The first kappa shape index (κ1) is 16.9. The third-order valence-electron chi connectivity index (χ3n) is 2.91. The molecule has 0 saturated carbocycles. The van der Waals surface area contributed by atoms with Gasteiger partial charge in [-0.25, -0.2) is 0 Å². The van der Waals surface area contributed by atoms with E-state index in [4.69, 9.17) is 10.5 Å². The van der Waals surface area contributed by atoms with Crippen LogP contribution < -0.4 is 10.5 Å². The molecule has 112 valence electrons. The molecule has 1 atom stereocenters. The predicted molar refractivity (Wildman–Crippen MR) is 83.3 cm³/mol. The molecule has 2 N–H and O–H groups in total. The smallest absolute Gasteiger partial charge is 0.322 e. The lowest BCUT2D eigenvalue weighted by Crippen LogP contribution is -2.32. The van der Waals surface area contributed by atoms with Gasteiger partial charge >= 0.3 is 5.97 Å². The van der Waals surface area contributed by atoms with E-state index in [9.17, 15) is 4.79 Å². The summed E-state index contributed by atoms with van der Waals surface area (Å²) in [6.07, 6.45) is 0.626. The van der Waals surface area contributed by atoms with Crippen molar-refractivity contribution in [2.75, 3.05) is 25.2 Å². The van der Waals surface area contributed by atoms with E-state index in [1.165, 1.54) is 12.7 Å². The van der Waals surface area contributed by atoms with E-state index in [1.54, 1.807) is 11.8 Å². The highest BCUT2D eigenvalue weighted by Crippen LogP contribution is 2.19. The molecule has 0 saturated heterocycles. The van der Waals surface area contributed by atoms with Gasteiger partial charge in [-0.1, -0.05) is 12.1 Å². The number of hydrogen-bond donors (Lipinski definition) is 1. The first-order valence-corrected chi connectivity index (χ1v) is 7.81. The Bertz CT molecular complexity index is 437. The standard InChI is InChI=1S/C15H23NO3S/c1-11-4-5-12(2)14(10-11)19-7-9-20-8-6-13(16)15(17)18-3/h4-5,10,13H,6-9,16H2,1-3H3. The van der Waals surface area contributed by atoms with Crippen molar-refractivity contribution < 1.29 is 14.3 Å². The van der Waals surface area contributed by atoms with Gasteiger partial charge in [-0.3, -0.25) is 4.79 Å². The molecule has 0 aliphatic heterocycles. The molecule has 1 unspecified atom stereocenters. The first-order valence-electron chi connectivity index (χ1n) is 6.65. The highest BCUT2D eigenvalue weighted by Gasteiger charge is 2.12. The number of benzene rings is 1. The van der Waals surface area contributed by atoms with Crippen LogP contribution in [0.15, 0.2) is 18.2 Å². The molecule has 0 amide bonds. The van der Waals surface area contributed by atoms with E-state index < -0.39 is 6.04 Å². The van der Waals surface area contributed by atoms with E-state index in [2.05, 4.69) is 23.8 Å². The van der Waals surface area contributed by atoms with Gasteiger partial charge in [0.2, 0.25) is 0 Å². The van der Waals surface area contributed by atoms with E-state index >= 15 is 0 Å². The largest absolute Gasteiger partial charge is 0.492 e. The zero-order chi connectivity index (χ0) is 15.0. The Hall–Kier alpha value is -1.20. The van der Waals surface area contributed by atoms with Crippen molar-refractivity contribution in [1.29, 1.82) is 0 Å². The third-order valence-corrected chi connectivity index (χ3v) is 3.89. The zero-order valence-electron chi connectivity index (χ0n) is 12.3. The number of thioether (sulfide) groups is 1. The van der Waals surface area contributed by atoms with Gasteiger partial charge in [-0.15, -0.1) is 0 Å². The van der Waals surface area contributed by atoms with Crippen molar-refractivity contribution in [2.45, 2.75) is 26.3 Å². The summed E-state index contributed by atoms with van der Waals surface area (Å²) in [5.74, 6) is 2.29. The Morgan fingerprint density at radius 2 is 2.10 bits per heavy atom. The van der Waals surface area contributed by atoms with Crippen LogP contribution in [0, 0.1) is 13.8 Å². The number of methoxy groups -OCH3 is 1. The quantitative estimate of drug-likeness (QED) is 0.589. The lowest BCUT2D eigenvalue weighted by molar-refractivity contribution is -0.142. The van der Waals surface area contributed by atoms with Gasteiger partial charge in [0.15, 0.2) is 0 Å². The molecule has 0 aliphatic rings. The second-order valence-corrected chi connectivity index (χ2v) is 5.87. The van der Waals surface area contributed by atoms with Crippen molar-refractivity contribution in [3.63, 3.8) is 0 Å². The van der Waals surface area contributed by atoms with Crippen LogP contribution in [0.4, 0.5) is 0 Å². The first-order chi connectivity index (χ1) is 9.54. The van der Waals surface area contributed by atoms with Gasteiger partial charge in [0.05, 0.1) is 13.7 Å². The fourth-order valence-corrected chi connectivity index (χ4v) is 2.48. The van der Waals surface area contributed by atoms with Crippen molar-refractivity contribution >= 4 is 17.7 Å². The van der Waals surface area contributed by atoms with Gasteiger partial charge < -0.3 is 15.2 Å². The summed E-state index contributed by atoms with van der Waals surface area (Å²) in [4.78, 5) is 11.1. The summed E-state index contributed by atoms with van der Waals surface area (Å²) in [5.41, 5.74) is 7.99. The van der Waals surface area contributed by atoms with E-state index in [-0.39, 0.29) is 5.97 Å². The molecule has 0 radical (unpaired) electrons. The van der Waals surface area contributed by atoms with Crippen LogP contribution in [0.1, 0.15) is 17.5 Å². The Labute approximate surface area is 125 Å². The number of hydrogen-bond acceptors (Lipinski definition) is 5. The van der Waals surface area contributed by atoms with Crippen LogP contribution in [0.5, 0.6) is 5.75 Å². The lowest BCUT2D eigenvalue weighted by atomic mass is 10.1. The summed E-state index contributed by atoms with van der Waals surface area (Å²) >= 11 is 1.73. The summed E-state index contributed by atoms with van der Waals surface area (Å²) in [7, 11) is 1.35. The van der Waals surface area contributed by atoms with Crippen LogP contribution in [0.25, 0.3) is 0 Å². The molecule has 1 aromatic carbocycles. The van der Waals surface area contributed by atoms with Gasteiger partial charge in [0.1, 0.15) is 11.8 Å². The minimum Gasteiger partial charge on any atom is -0.492 e. The summed E-state index contributed by atoms with van der Waals surface area (Å²) < 4.78 is 10.3. The summed E-state index contributed by atoms with van der Waals surface area (Å²) in [6, 6.07) is 5.67. The molecule has 0 aromatic heterocycles. The molecule has 1 rings (SSSR count). The normalized spacial score (nSPS) is 12.0. The predicted octanol–water partition coefficient (Wildman–Crippen LogP) is 2.31. The van der Waals surface area contributed by atoms with Gasteiger partial charge in [0, 0.05) is 5.75 Å². The van der Waals surface area contributed by atoms with E-state index in [0.29, 0.717) is 13.0 Å². The average molecular weight is 297 g/mol. The van der Waals surface area contributed by atoms with Gasteiger partial charge in [0.25, 0.3) is 0 Å². The molecule has 4 nitrogen and oxygen atoms in total. The SMILES string of the molecule is COC(=O)C(N)CCSCCOc1cc(C)ccc1C. The molecular weight excluding hydrogens is 274 g/mol. The van der Waals surface area contributed by atoms with Gasteiger partial charge in [-0.2, -0.15) is 11.8 Å². The summed E-state index contributed by atoms with van der Waals surface area (Å²) in [5, 5.41) is 0. The Morgan fingerprint density at radius 3 is 2.80 bits per heavy atom. The van der Waals surface area contributed by atoms with Crippen molar-refractivity contribution in [2.24, 2.45) is 5.73 Å². The molecule has 20 heavy (non-hydrogen) atoms. The molecule has 5 heteroatoms. The molecule has 0 aliphatic carbocycles. The molecular formula is C15H23NO3S. The van der Waals surface area contributed by atoms with E-state index in [1.807, 2.05) is 13.0 Å². The van der Waals surface area contributed by atoms with Crippen molar-refractivity contribution in [3.8, 4) is 5.75 Å². The fourth-order valence-electron chi connectivity index (χ4n) is 1.65. The van der Waals surface area contributed by atoms with Crippen LogP contribution in [-0.2, 0) is 9.53 Å². The zero-order valence-corrected chi connectivity index (χ0v) is 13.2. The number of rotatable bonds is 8. The lowest BCUT2D eigenvalue weighted by Gasteiger charge is -2.11. The van der Waals surface area contributed by atoms with Crippen LogP contribution in [0.2, 0.25) is 0 Å². The highest BCUT2D eigenvalue weighted by atomic mass is 32.2. The Kier molecular flexibility index (Phi) is 7.47. The van der Waals surface area contributed by atoms with E-state index in [0.717, 1.165) is 22.8 Å². The minimum absolute atomic E-state index is 0.350. The number of esters is 1.